The predicted molar refractivity (Wildman–Crippen MR) is 348 cm³/mol. The van der Waals surface area contributed by atoms with Crippen molar-refractivity contribution >= 4 is 86.5 Å². The van der Waals surface area contributed by atoms with Gasteiger partial charge in [-0.25, -0.2) is 15.0 Å². The molecule has 0 spiro atoms. The number of piperazine rings is 1. The van der Waals surface area contributed by atoms with Gasteiger partial charge in [-0.05, 0) is 108 Å². The quantitative estimate of drug-likeness (QED) is 0.0219. The highest BCUT2D eigenvalue weighted by Gasteiger charge is 2.28. The second-order valence-electron chi connectivity index (χ2n) is 22.2. The molecule has 6 N–H and O–H groups in total. The number of amides is 6. The molecule has 0 bridgehead atoms. The van der Waals surface area contributed by atoms with E-state index in [0.717, 1.165) is 74.6 Å². The summed E-state index contributed by atoms with van der Waals surface area (Å²) in [7, 11) is 0. The summed E-state index contributed by atoms with van der Waals surface area (Å²) >= 11 is 7.52. The number of aromatic nitrogens is 4. The highest BCUT2D eigenvalue weighted by Crippen LogP contribution is 2.29. The highest BCUT2D eigenvalue weighted by molar-refractivity contribution is 7.17. The smallest absolute Gasteiger partial charge is 0.268 e. The van der Waals surface area contributed by atoms with Gasteiger partial charge in [-0.2, -0.15) is 0 Å². The maximum Gasteiger partial charge on any atom is 0.268 e. The number of hydrogen-bond donors (Lipinski definition) is 6. The lowest BCUT2D eigenvalue weighted by molar-refractivity contribution is -0.126. The number of ether oxygens (including phenoxy) is 5. The van der Waals surface area contributed by atoms with Crippen molar-refractivity contribution in [2.45, 2.75) is 98.1 Å². The van der Waals surface area contributed by atoms with Crippen LogP contribution >= 0.6 is 22.9 Å². The molecule has 4 heterocycles. The fourth-order valence-electron chi connectivity index (χ4n) is 10.4. The zero-order valence-corrected chi connectivity index (χ0v) is 54.1. The minimum Gasteiger partial charge on any atom is -0.379 e. The van der Waals surface area contributed by atoms with E-state index in [4.69, 9.17) is 35.3 Å². The minimum absolute atomic E-state index is 0.0333. The number of halogens is 1. The van der Waals surface area contributed by atoms with Gasteiger partial charge in [0.15, 0.2) is 5.13 Å². The molecule has 5 aromatic rings. The van der Waals surface area contributed by atoms with Crippen LogP contribution in [0.15, 0.2) is 73.1 Å². The Kier molecular flexibility index (Phi) is 30.1. The third-order valence-corrected chi connectivity index (χ3v) is 16.6. The van der Waals surface area contributed by atoms with E-state index in [0.29, 0.717) is 156 Å². The number of carbonyl (C=O) groups is 6. The molecule has 24 nitrogen and oxygen atoms in total. The lowest BCUT2D eigenvalue weighted by atomic mass is 9.85. The molecule has 3 aromatic heterocycles. The summed E-state index contributed by atoms with van der Waals surface area (Å²) < 4.78 is 29.7. The summed E-state index contributed by atoms with van der Waals surface area (Å²) in [5, 5.41) is 19.1. The van der Waals surface area contributed by atoms with Crippen molar-refractivity contribution in [3.05, 3.63) is 106 Å². The van der Waals surface area contributed by atoms with Crippen LogP contribution in [0.2, 0.25) is 5.02 Å². The molecule has 6 amide bonds. The number of rotatable bonds is 39. The van der Waals surface area contributed by atoms with Crippen LogP contribution < -0.4 is 41.7 Å². The number of unbranched alkanes of at least 4 members (excludes halogenated alkanes) is 2. The number of aryl methyl sites for hydroxylation is 3. The molecule has 1 saturated carbocycles. The Balaban J connectivity index is 0.590. The lowest BCUT2D eigenvalue weighted by Crippen LogP contribution is -2.47. The van der Waals surface area contributed by atoms with E-state index < -0.39 is 0 Å². The number of anilines is 5. The van der Waals surface area contributed by atoms with Gasteiger partial charge in [0, 0.05) is 102 Å². The third kappa shape index (κ3) is 24.3. The first kappa shape index (κ1) is 70.4. The van der Waals surface area contributed by atoms with Gasteiger partial charge >= 0.3 is 0 Å². The Labute approximate surface area is 537 Å². The van der Waals surface area contributed by atoms with E-state index >= 15 is 0 Å². The van der Waals surface area contributed by atoms with E-state index in [9.17, 15) is 28.8 Å². The molecule has 1 aliphatic carbocycles. The maximum absolute atomic E-state index is 13.3. The maximum atomic E-state index is 13.3. The zero-order valence-electron chi connectivity index (χ0n) is 52.5. The normalized spacial score (nSPS) is 15.1. The van der Waals surface area contributed by atoms with E-state index in [1.807, 2.05) is 70.2 Å². The predicted octanol–water partition coefficient (Wildman–Crippen LogP) is 6.86. The Morgan fingerprint density at radius 2 is 1.37 bits per heavy atom. The zero-order chi connectivity index (χ0) is 63.9. The van der Waals surface area contributed by atoms with Crippen LogP contribution in [0.1, 0.15) is 102 Å². The topological polar surface area (TPSA) is 274 Å². The fourth-order valence-corrected chi connectivity index (χ4v) is 11.4. The van der Waals surface area contributed by atoms with Crippen LogP contribution in [0.3, 0.4) is 0 Å². The minimum atomic E-state index is -0.291. The molecule has 1 saturated heterocycles. The number of thiazole rings is 1. The lowest BCUT2D eigenvalue weighted by Gasteiger charge is -2.35. The monoisotopic (exact) mass is 1280 g/mol. The van der Waals surface area contributed by atoms with Gasteiger partial charge in [0.2, 0.25) is 23.6 Å². The average molecular weight is 1290 g/mol. The van der Waals surface area contributed by atoms with Gasteiger partial charge in [0.25, 0.3) is 11.8 Å². The van der Waals surface area contributed by atoms with Crippen molar-refractivity contribution in [1.29, 1.82) is 0 Å². The summed E-state index contributed by atoms with van der Waals surface area (Å²) in [4.78, 5) is 97.3. The second-order valence-corrected chi connectivity index (χ2v) is 23.6. The van der Waals surface area contributed by atoms with Crippen molar-refractivity contribution < 1.29 is 52.5 Å². The molecule has 0 radical (unpaired) electrons. The molecular formula is C64H90ClN13O11S. The molecule has 7 rings (SSSR count). The number of nitrogens with zero attached hydrogens (tertiary/aromatic N) is 7. The molecule has 1 aliphatic heterocycles. The van der Waals surface area contributed by atoms with Crippen LogP contribution in [0.4, 0.5) is 28.1 Å². The molecule has 2 aromatic carbocycles. The van der Waals surface area contributed by atoms with Crippen LogP contribution in [0, 0.1) is 26.7 Å². The Morgan fingerprint density at radius 1 is 0.689 bits per heavy atom. The van der Waals surface area contributed by atoms with Crippen molar-refractivity contribution in [3.8, 4) is 0 Å². The van der Waals surface area contributed by atoms with Gasteiger partial charge in [0.1, 0.15) is 34.6 Å². The van der Waals surface area contributed by atoms with Crippen LogP contribution in [0.25, 0.3) is 0 Å². The largest absolute Gasteiger partial charge is 0.379 e. The number of likely N-dealkylation sites (N-methyl/N-ethyl adjacent to an activating group) is 1. The standard InChI is InChI=1S/C64H90ClN13O11S/c1-5-78(51-14-9-12-46(2)42-51)59(81)45-77-26-11-16-53(77)62(83)72-50-20-18-49(19-21-50)61(82)68-23-8-6-7-17-57(79)66-25-34-87-37-39-89-41-40-88-38-36-85-32-22-58(80)67-24-33-86-35-31-75-27-29-76(30-28-75)56-43-55(70-48(4)71-56)73-64-69-44-54(90-64)63(84)74-60-47(3)13-10-15-52(60)65/h9-16,26,42-44,49-50H,5-8,17-25,27-41,45H2,1-4H3,(H,66,79)(H,67,80)(H,68,82)(H,72,83)(H,74,84)(H,69,70,71,73)/t49-,50-. The van der Waals surface area contributed by atoms with Gasteiger partial charge in [0.05, 0.1) is 83.0 Å². The number of hydrogen-bond acceptors (Lipinski definition) is 18. The molecule has 2 fully saturated rings. The SMILES string of the molecule is CCN(C(=O)Cn1cccc1C(=O)N[C@H]1CC[C@H](C(=O)NCCCCCC(=O)NCCOCCOCCOCCOCCC(=O)NCCOCCN2CCN(c3cc(Nc4ncc(C(=O)Nc5c(C)cccc5Cl)s4)nc(C)n3)CC2)CC1)c1cccc(C)c1. The van der Waals surface area contributed by atoms with Gasteiger partial charge < -0.3 is 70.0 Å². The van der Waals surface area contributed by atoms with Crippen molar-refractivity contribution in [2.24, 2.45) is 5.92 Å². The third-order valence-electron chi connectivity index (χ3n) is 15.3. The molecule has 0 unspecified atom stereocenters. The van der Waals surface area contributed by atoms with Crippen molar-refractivity contribution in [1.82, 2.24) is 45.7 Å². The molecule has 26 heteroatoms. The first-order valence-electron chi connectivity index (χ1n) is 31.4. The summed E-state index contributed by atoms with van der Waals surface area (Å²) in [6.07, 6.45) is 9.03. The van der Waals surface area contributed by atoms with Crippen LogP contribution in [-0.4, -0.2) is 191 Å². The van der Waals surface area contributed by atoms with Gasteiger partial charge in [-0.15, -0.1) is 0 Å². The van der Waals surface area contributed by atoms with Gasteiger partial charge in [-0.1, -0.05) is 53.6 Å². The fraction of sp³-hybridized carbons (Fsp3) is 0.547. The first-order chi connectivity index (χ1) is 43.7. The second kappa shape index (κ2) is 38.6. The summed E-state index contributed by atoms with van der Waals surface area (Å²) in [6, 6.07) is 18.6. The number of para-hydroxylation sites is 1. The Hall–Kier alpha value is -7.10. The molecular weight excluding hydrogens is 1190 g/mol. The van der Waals surface area contributed by atoms with E-state index in [2.05, 4.69) is 56.7 Å². The molecule has 490 valence electrons. The Morgan fingerprint density at radius 3 is 2.07 bits per heavy atom. The van der Waals surface area contributed by atoms with E-state index in [1.54, 1.807) is 33.9 Å². The Bertz CT molecular complexity index is 3040. The average Bonchev–Trinajstić information content (AvgIpc) is 4.11. The molecule has 2 aliphatic rings. The number of carbonyl (C=O) groups excluding carboxylic acids is 6. The van der Waals surface area contributed by atoms with Gasteiger partial charge in [-0.3, -0.25) is 33.7 Å². The van der Waals surface area contributed by atoms with Crippen molar-refractivity contribution in [3.63, 3.8) is 0 Å². The number of nitrogens with one attached hydrogen (secondary N) is 6. The molecule has 0 atom stereocenters. The summed E-state index contributed by atoms with van der Waals surface area (Å²) in [6.45, 7) is 17.7. The van der Waals surface area contributed by atoms with E-state index in [-0.39, 0.29) is 67.0 Å². The first-order valence-corrected chi connectivity index (χ1v) is 32.6. The van der Waals surface area contributed by atoms with Crippen molar-refractivity contribution in [2.75, 3.05) is 145 Å². The van der Waals surface area contributed by atoms with Crippen LogP contribution in [-0.2, 0) is 49.4 Å². The molecule has 90 heavy (non-hydrogen) atoms. The van der Waals surface area contributed by atoms with Crippen LogP contribution in [0.5, 0.6) is 0 Å². The number of benzene rings is 2. The summed E-state index contributed by atoms with van der Waals surface area (Å²) in [5.74, 6) is 1.22. The highest BCUT2D eigenvalue weighted by atomic mass is 35.5. The summed E-state index contributed by atoms with van der Waals surface area (Å²) in [5.41, 5.74) is 3.78. The van der Waals surface area contributed by atoms with E-state index in [1.165, 1.54) is 17.5 Å².